The lowest BCUT2D eigenvalue weighted by Crippen LogP contribution is -2.21. The Bertz CT molecular complexity index is 223. The summed E-state index contributed by atoms with van der Waals surface area (Å²) in [5, 5.41) is 0.425. The Morgan fingerprint density at radius 1 is 1.27 bits per heavy atom. The van der Waals surface area contributed by atoms with Gasteiger partial charge in [0.15, 0.2) is 0 Å². The SMILES string of the molecule is CC1=CC(C)([Si](C)C)C(C)=C1. The summed E-state index contributed by atoms with van der Waals surface area (Å²) < 4.78 is 0. The minimum absolute atomic E-state index is 0.237. The number of hydrogen-bond acceptors (Lipinski definition) is 0. The van der Waals surface area contributed by atoms with E-state index in [1.807, 2.05) is 0 Å². The average Bonchev–Trinajstić information content (AvgIpc) is 2.08. The van der Waals surface area contributed by atoms with E-state index in [1.54, 1.807) is 5.57 Å². The van der Waals surface area contributed by atoms with Crippen molar-refractivity contribution in [3.8, 4) is 0 Å². The van der Waals surface area contributed by atoms with Crippen molar-refractivity contribution in [3.05, 3.63) is 23.3 Å². The van der Waals surface area contributed by atoms with Gasteiger partial charge in [0.25, 0.3) is 0 Å². The normalized spacial score (nSPS) is 30.7. The van der Waals surface area contributed by atoms with Gasteiger partial charge in [-0.15, -0.1) is 0 Å². The third-order valence-corrected chi connectivity index (χ3v) is 5.43. The van der Waals surface area contributed by atoms with Crippen molar-refractivity contribution in [2.24, 2.45) is 0 Å². The van der Waals surface area contributed by atoms with Gasteiger partial charge >= 0.3 is 0 Å². The van der Waals surface area contributed by atoms with Crippen LogP contribution in [0.1, 0.15) is 20.8 Å². The van der Waals surface area contributed by atoms with E-state index in [1.165, 1.54) is 5.57 Å². The maximum atomic E-state index is 2.43. The summed E-state index contributed by atoms with van der Waals surface area (Å²) in [4.78, 5) is 0. The molecule has 0 bridgehead atoms. The first-order valence-electron chi connectivity index (χ1n) is 4.15. The smallest absolute Gasteiger partial charge is 0.0581 e. The Morgan fingerprint density at radius 2 is 1.82 bits per heavy atom. The maximum Gasteiger partial charge on any atom is 0.0581 e. The van der Waals surface area contributed by atoms with E-state index in [0.29, 0.717) is 5.04 Å². The van der Waals surface area contributed by atoms with Crippen LogP contribution in [0.2, 0.25) is 18.1 Å². The molecule has 61 valence electrons. The molecule has 0 spiro atoms. The summed E-state index contributed by atoms with van der Waals surface area (Å²) >= 11 is 0. The zero-order valence-electron chi connectivity index (χ0n) is 8.15. The van der Waals surface area contributed by atoms with Gasteiger partial charge in [0.05, 0.1) is 8.80 Å². The molecule has 0 saturated heterocycles. The molecule has 0 fully saturated rings. The zero-order valence-corrected chi connectivity index (χ0v) is 9.15. The van der Waals surface area contributed by atoms with Crippen LogP contribution in [0, 0.1) is 0 Å². The first-order valence-corrected chi connectivity index (χ1v) is 6.65. The highest BCUT2D eigenvalue weighted by atomic mass is 28.3. The molecule has 1 unspecified atom stereocenters. The zero-order chi connectivity index (χ0) is 8.65. The van der Waals surface area contributed by atoms with Crippen molar-refractivity contribution in [1.29, 1.82) is 0 Å². The average molecular weight is 165 g/mol. The fraction of sp³-hybridized carbons (Fsp3) is 0.600. The molecule has 0 heterocycles. The molecule has 0 saturated carbocycles. The predicted molar refractivity (Wildman–Crippen MR) is 53.4 cm³/mol. The quantitative estimate of drug-likeness (QED) is 0.522. The molecule has 0 N–H and O–H groups in total. The van der Waals surface area contributed by atoms with E-state index in [2.05, 4.69) is 46.0 Å². The van der Waals surface area contributed by atoms with Crippen LogP contribution >= 0.6 is 0 Å². The fourth-order valence-electron chi connectivity index (χ4n) is 1.64. The molecule has 11 heavy (non-hydrogen) atoms. The van der Waals surface area contributed by atoms with Crippen LogP contribution in [0.3, 0.4) is 0 Å². The second kappa shape index (κ2) is 2.63. The van der Waals surface area contributed by atoms with Crippen LogP contribution < -0.4 is 0 Å². The topological polar surface area (TPSA) is 0 Å². The number of hydrogen-bond donors (Lipinski definition) is 0. The van der Waals surface area contributed by atoms with Crippen LogP contribution in [0.4, 0.5) is 0 Å². The predicted octanol–water partition coefficient (Wildman–Crippen LogP) is 3.41. The first-order chi connectivity index (χ1) is 4.97. The summed E-state index contributed by atoms with van der Waals surface area (Å²) in [5.74, 6) is 0. The van der Waals surface area contributed by atoms with Crippen molar-refractivity contribution >= 4 is 8.80 Å². The highest BCUT2D eigenvalue weighted by Gasteiger charge is 2.31. The van der Waals surface area contributed by atoms with E-state index >= 15 is 0 Å². The van der Waals surface area contributed by atoms with Gasteiger partial charge in [-0.1, -0.05) is 43.3 Å². The van der Waals surface area contributed by atoms with E-state index in [9.17, 15) is 0 Å². The number of rotatable bonds is 1. The molecule has 0 aromatic rings. The summed E-state index contributed by atoms with van der Waals surface area (Å²) in [6, 6.07) is 0. The largest absolute Gasteiger partial charge is 0.0747 e. The molecular weight excluding hydrogens is 148 g/mol. The number of allylic oxidation sites excluding steroid dienone is 4. The van der Waals surface area contributed by atoms with Gasteiger partial charge in [0, 0.05) is 0 Å². The molecule has 0 aliphatic heterocycles. The van der Waals surface area contributed by atoms with Crippen molar-refractivity contribution < 1.29 is 0 Å². The van der Waals surface area contributed by atoms with Gasteiger partial charge < -0.3 is 0 Å². The molecule has 1 heteroatoms. The first kappa shape index (κ1) is 8.79. The Morgan fingerprint density at radius 3 is 2.00 bits per heavy atom. The molecule has 0 aromatic heterocycles. The Balaban J connectivity index is 2.99. The minimum atomic E-state index is -0.237. The van der Waals surface area contributed by atoms with E-state index in [-0.39, 0.29) is 8.80 Å². The minimum Gasteiger partial charge on any atom is -0.0747 e. The molecule has 0 aromatic carbocycles. The Labute approximate surface area is 71.6 Å². The summed E-state index contributed by atoms with van der Waals surface area (Å²) in [5.41, 5.74) is 2.99. The molecule has 1 rings (SSSR count). The van der Waals surface area contributed by atoms with Crippen molar-refractivity contribution in [2.45, 2.75) is 38.9 Å². The lowest BCUT2D eigenvalue weighted by Gasteiger charge is -2.27. The Kier molecular flexibility index (Phi) is 2.10. The van der Waals surface area contributed by atoms with E-state index < -0.39 is 0 Å². The summed E-state index contributed by atoms with van der Waals surface area (Å²) in [6.45, 7) is 11.6. The van der Waals surface area contributed by atoms with Crippen LogP contribution in [0.25, 0.3) is 0 Å². The van der Waals surface area contributed by atoms with Crippen molar-refractivity contribution in [1.82, 2.24) is 0 Å². The second-order valence-corrected chi connectivity index (χ2v) is 6.96. The fourth-order valence-corrected chi connectivity index (χ4v) is 3.02. The van der Waals surface area contributed by atoms with Crippen molar-refractivity contribution in [2.75, 3.05) is 0 Å². The van der Waals surface area contributed by atoms with Gasteiger partial charge in [0.2, 0.25) is 0 Å². The van der Waals surface area contributed by atoms with Crippen molar-refractivity contribution in [3.63, 3.8) is 0 Å². The Hall–Kier alpha value is -0.303. The van der Waals surface area contributed by atoms with Gasteiger partial charge in [-0.3, -0.25) is 0 Å². The summed E-state index contributed by atoms with van der Waals surface area (Å²) in [6.07, 6.45) is 4.74. The van der Waals surface area contributed by atoms with E-state index in [0.717, 1.165) is 0 Å². The molecule has 0 amide bonds. The van der Waals surface area contributed by atoms with Crippen LogP contribution in [-0.2, 0) is 0 Å². The van der Waals surface area contributed by atoms with Gasteiger partial charge in [0.1, 0.15) is 0 Å². The lowest BCUT2D eigenvalue weighted by atomic mass is 10.1. The highest BCUT2D eigenvalue weighted by molar-refractivity contribution is 6.61. The third-order valence-electron chi connectivity index (χ3n) is 2.82. The molecule has 1 aliphatic rings. The molecule has 0 nitrogen and oxygen atoms in total. The van der Waals surface area contributed by atoms with Crippen LogP contribution in [0.15, 0.2) is 23.3 Å². The van der Waals surface area contributed by atoms with Crippen LogP contribution in [-0.4, -0.2) is 8.80 Å². The highest BCUT2D eigenvalue weighted by Crippen LogP contribution is 2.45. The lowest BCUT2D eigenvalue weighted by molar-refractivity contribution is 0.878. The molecule has 1 atom stereocenters. The molecule has 1 radical (unpaired) electrons. The van der Waals surface area contributed by atoms with E-state index in [4.69, 9.17) is 0 Å². The molecular formula is C10H17Si. The molecule has 1 aliphatic carbocycles. The second-order valence-electron chi connectivity index (χ2n) is 3.92. The van der Waals surface area contributed by atoms with Gasteiger partial charge in [-0.05, 0) is 18.9 Å². The summed E-state index contributed by atoms with van der Waals surface area (Å²) in [7, 11) is -0.237. The third kappa shape index (κ3) is 1.34. The monoisotopic (exact) mass is 165 g/mol. The van der Waals surface area contributed by atoms with Crippen LogP contribution in [0.5, 0.6) is 0 Å². The van der Waals surface area contributed by atoms with Gasteiger partial charge in [-0.2, -0.15) is 0 Å². The van der Waals surface area contributed by atoms with Gasteiger partial charge in [-0.25, -0.2) is 0 Å². The maximum absolute atomic E-state index is 2.43. The standard InChI is InChI=1S/C10H17Si/c1-8-6-9(2)10(3,7-8)11(4)5/h6-7H,1-5H3.